The van der Waals surface area contributed by atoms with E-state index in [9.17, 15) is 23.1 Å². The number of aromatic nitrogens is 2. The predicted molar refractivity (Wildman–Crippen MR) is 97.5 cm³/mol. The first-order valence-electron chi connectivity index (χ1n) is 8.99. The summed E-state index contributed by atoms with van der Waals surface area (Å²) in [6, 6.07) is 3.47. The lowest BCUT2D eigenvalue weighted by Gasteiger charge is -2.30. The van der Waals surface area contributed by atoms with Crippen LogP contribution in [0, 0.1) is 0 Å². The third-order valence-corrected chi connectivity index (χ3v) is 4.80. The van der Waals surface area contributed by atoms with Crippen molar-refractivity contribution in [3.8, 4) is 11.3 Å². The number of cyclic esters (lactones) is 1. The molecule has 2 aromatic heterocycles. The van der Waals surface area contributed by atoms with E-state index in [0.717, 1.165) is 12.1 Å². The molecule has 4 heterocycles. The Morgan fingerprint density at radius 1 is 1.28 bits per heavy atom. The third kappa shape index (κ3) is 3.83. The van der Waals surface area contributed by atoms with E-state index < -0.39 is 30.5 Å². The second-order valence-electron chi connectivity index (χ2n) is 6.66. The number of piperazine rings is 1. The Hall–Kier alpha value is -2.92. The fourth-order valence-electron chi connectivity index (χ4n) is 3.44. The van der Waals surface area contributed by atoms with Gasteiger partial charge >= 0.3 is 12.3 Å². The number of carbonyl (C=O) groups excluding carboxylic acids is 1. The van der Waals surface area contributed by atoms with E-state index in [2.05, 4.69) is 20.6 Å². The summed E-state index contributed by atoms with van der Waals surface area (Å²) in [4.78, 5) is 21.9. The first-order chi connectivity index (χ1) is 13.9. The molecule has 1 saturated heterocycles. The molecular weight excluding hydrogens is 391 g/mol. The zero-order chi connectivity index (χ0) is 20.6. The lowest BCUT2D eigenvalue weighted by molar-refractivity contribution is -0.137. The standard InChI is InChI=1S/C18H18F3N5O3/c19-18(20,21)10-7-12(24-14(8-10)26-5-3-22-4-6-26)11-1-2-23-16-15(11)13(9-27)29-17(28)25-16/h1-2,7-8,13,22,27H,3-6,9H2,(H,23,25,28). The molecular formula is C18H18F3N5O3. The van der Waals surface area contributed by atoms with Crippen molar-refractivity contribution in [2.75, 3.05) is 43.0 Å². The van der Waals surface area contributed by atoms with Crippen molar-refractivity contribution in [3.63, 3.8) is 0 Å². The number of nitrogens with zero attached hydrogens (tertiary/aromatic N) is 3. The zero-order valence-corrected chi connectivity index (χ0v) is 15.2. The van der Waals surface area contributed by atoms with Crippen molar-refractivity contribution in [3.05, 3.63) is 35.5 Å². The van der Waals surface area contributed by atoms with Crippen LogP contribution in [0.15, 0.2) is 24.4 Å². The normalized spacial score (nSPS) is 19.4. The van der Waals surface area contributed by atoms with Crippen molar-refractivity contribution in [2.45, 2.75) is 12.3 Å². The van der Waals surface area contributed by atoms with E-state index in [1.807, 2.05) is 0 Å². The molecule has 0 bridgehead atoms. The van der Waals surface area contributed by atoms with Gasteiger partial charge < -0.3 is 20.1 Å². The Morgan fingerprint density at radius 2 is 2.03 bits per heavy atom. The Bertz CT molecular complexity index is 931. The van der Waals surface area contributed by atoms with Crippen molar-refractivity contribution >= 4 is 17.7 Å². The highest BCUT2D eigenvalue weighted by Gasteiger charge is 2.34. The minimum absolute atomic E-state index is 0.0604. The summed E-state index contributed by atoms with van der Waals surface area (Å²) in [5.41, 5.74) is -0.183. The van der Waals surface area contributed by atoms with Crippen LogP contribution in [-0.4, -0.2) is 54.0 Å². The molecule has 1 amide bonds. The topological polar surface area (TPSA) is 99.6 Å². The van der Waals surface area contributed by atoms with Crippen LogP contribution >= 0.6 is 0 Å². The molecule has 0 radical (unpaired) electrons. The lowest BCUT2D eigenvalue weighted by Crippen LogP contribution is -2.44. The number of carbonyl (C=O) groups is 1. The van der Waals surface area contributed by atoms with Crippen LogP contribution in [0.3, 0.4) is 0 Å². The van der Waals surface area contributed by atoms with Gasteiger partial charge in [0, 0.05) is 43.5 Å². The summed E-state index contributed by atoms with van der Waals surface area (Å²) in [7, 11) is 0. The molecule has 4 rings (SSSR count). The predicted octanol–water partition coefficient (Wildman–Crippen LogP) is 2.17. The van der Waals surface area contributed by atoms with Gasteiger partial charge in [0.15, 0.2) is 6.10 Å². The molecule has 1 fully saturated rings. The molecule has 0 aromatic carbocycles. The maximum Gasteiger partial charge on any atom is 0.416 e. The largest absolute Gasteiger partial charge is 0.438 e. The minimum Gasteiger partial charge on any atom is -0.438 e. The van der Waals surface area contributed by atoms with Gasteiger partial charge in [0.1, 0.15) is 11.6 Å². The number of hydrogen-bond acceptors (Lipinski definition) is 7. The maximum atomic E-state index is 13.6. The van der Waals surface area contributed by atoms with Crippen molar-refractivity contribution in [1.29, 1.82) is 0 Å². The number of aliphatic hydroxyl groups excluding tert-OH is 1. The number of ether oxygens (including phenoxy) is 1. The van der Waals surface area contributed by atoms with Crippen molar-refractivity contribution < 1.29 is 27.8 Å². The van der Waals surface area contributed by atoms with Gasteiger partial charge in [-0.2, -0.15) is 13.2 Å². The highest BCUT2D eigenvalue weighted by molar-refractivity contribution is 5.89. The van der Waals surface area contributed by atoms with Crippen LogP contribution in [0.25, 0.3) is 11.3 Å². The molecule has 0 aliphatic carbocycles. The number of nitrogens with one attached hydrogen (secondary N) is 2. The third-order valence-electron chi connectivity index (χ3n) is 4.80. The molecule has 29 heavy (non-hydrogen) atoms. The number of pyridine rings is 2. The number of hydrogen-bond donors (Lipinski definition) is 3. The molecule has 0 saturated carbocycles. The molecule has 0 spiro atoms. The Morgan fingerprint density at radius 3 is 2.72 bits per heavy atom. The fourth-order valence-corrected chi connectivity index (χ4v) is 3.44. The fraction of sp³-hybridized carbons (Fsp3) is 0.389. The Balaban J connectivity index is 1.87. The number of fused-ring (bicyclic) bond motifs is 1. The smallest absolute Gasteiger partial charge is 0.416 e. The van der Waals surface area contributed by atoms with Crippen LogP contribution in [-0.2, 0) is 10.9 Å². The van der Waals surface area contributed by atoms with Gasteiger partial charge in [-0.15, -0.1) is 0 Å². The van der Waals surface area contributed by atoms with Gasteiger partial charge in [0.25, 0.3) is 0 Å². The monoisotopic (exact) mass is 409 g/mol. The minimum atomic E-state index is -4.56. The van der Waals surface area contributed by atoms with E-state index in [4.69, 9.17) is 4.74 Å². The highest BCUT2D eigenvalue weighted by atomic mass is 19.4. The van der Waals surface area contributed by atoms with E-state index in [1.165, 1.54) is 12.3 Å². The number of aliphatic hydroxyl groups is 1. The Kier molecular flexibility index (Phi) is 5.01. The van der Waals surface area contributed by atoms with Gasteiger partial charge in [0.05, 0.1) is 17.9 Å². The van der Waals surface area contributed by atoms with Crippen LogP contribution in [0.4, 0.5) is 29.6 Å². The maximum absolute atomic E-state index is 13.6. The molecule has 2 aliphatic heterocycles. The highest BCUT2D eigenvalue weighted by Crippen LogP contribution is 2.39. The molecule has 1 atom stereocenters. The summed E-state index contributed by atoms with van der Waals surface area (Å²) in [5.74, 6) is 0.337. The summed E-state index contributed by atoms with van der Waals surface area (Å²) in [5, 5.41) is 15.2. The zero-order valence-electron chi connectivity index (χ0n) is 15.2. The van der Waals surface area contributed by atoms with E-state index in [1.54, 1.807) is 4.90 Å². The number of rotatable bonds is 3. The summed E-state index contributed by atoms with van der Waals surface area (Å²) in [6.07, 6.45) is -5.05. The van der Waals surface area contributed by atoms with Gasteiger partial charge in [-0.05, 0) is 18.2 Å². The van der Waals surface area contributed by atoms with E-state index in [0.29, 0.717) is 31.7 Å². The second kappa shape index (κ2) is 7.48. The molecule has 11 heteroatoms. The first kappa shape index (κ1) is 19.4. The molecule has 8 nitrogen and oxygen atoms in total. The number of amides is 1. The average Bonchev–Trinajstić information content (AvgIpc) is 2.72. The van der Waals surface area contributed by atoms with Crippen molar-refractivity contribution in [1.82, 2.24) is 15.3 Å². The number of anilines is 2. The van der Waals surface area contributed by atoms with Gasteiger partial charge in [-0.1, -0.05) is 0 Å². The van der Waals surface area contributed by atoms with Crippen LogP contribution in [0.1, 0.15) is 17.2 Å². The van der Waals surface area contributed by atoms with Gasteiger partial charge in [-0.25, -0.2) is 14.8 Å². The quantitative estimate of drug-likeness (QED) is 0.715. The van der Waals surface area contributed by atoms with Gasteiger partial charge in [-0.3, -0.25) is 5.32 Å². The second-order valence-corrected chi connectivity index (χ2v) is 6.66. The van der Waals surface area contributed by atoms with E-state index >= 15 is 0 Å². The Labute approximate surface area is 163 Å². The molecule has 2 aromatic rings. The number of alkyl halides is 3. The van der Waals surface area contributed by atoms with Crippen LogP contribution < -0.4 is 15.5 Å². The number of halogens is 3. The molecule has 3 N–H and O–H groups in total. The SMILES string of the molecule is O=C1Nc2nccc(-c3cc(C(F)(F)F)cc(N4CCNCC4)n3)c2C(CO)O1. The summed E-state index contributed by atoms with van der Waals surface area (Å²) >= 11 is 0. The van der Waals surface area contributed by atoms with Crippen LogP contribution in [0.5, 0.6) is 0 Å². The summed E-state index contributed by atoms with van der Waals surface area (Å²) in [6.45, 7) is 1.80. The van der Waals surface area contributed by atoms with E-state index in [-0.39, 0.29) is 22.9 Å². The summed E-state index contributed by atoms with van der Waals surface area (Å²) < 4.78 is 45.8. The molecule has 1 unspecified atom stereocenters. The lowest BCUT2D eigenvalue weighted by atomic mass is 9.98. The average molecular weight is 409 g/mol. The van der Waals surface area contributed by atoms with Gasteiger partial charge in [0.2, 0.25) is 0 Å². The first-order valence-corrected chi connectivity index (χ1v) is 8.99. The van der Waals surface area contributed by atoms with Crippen LogP contribution in [0.2, 0.25) is 0 Å². The van der Waals surface area contributed by atoms with Crippen molar-refractivity contribution in [2.24, 2.45) is 0 Å². The molecule has 2 aliphatic rings. The molecule has 154 valence electrons.